The minimum Gasteiger partial charge on any atom is -0.456 e. The summed E-state index contributed by atoms with van der Waals surface area (Å²) in [5.74, 6) is 0.857. The number of benzene rings is 2. The summed E-state index contributed by atoms with van der Waals surface area (Å²) in [6.45, 7) is 8.48. The standard InChI is InChI=1S/C28H34N4O5S/c1-3-25(33)19-31-38(34,35)28(18-29)20(2)26-8-9-27(37-26)23-5-4-22-17-24(7-6-21(22)16-23)30-10-11-32-12-14-36-15-13-32/h4-9,16-17,25,30-31,33H,3,10-15,19H2,1-2H3/b28-20+. The lowest BCUT2D eigenvalue weighted by Gasteiger charge is -2.26. The molecule has 1 fully saturated rings. The van der Waals surface area contributed by atoms with Gasteiger partial charge in [0.15, 0.2) is 4.91 Å². The SMILES string of the molecule is CCC(O)CNS(=O)(=O)/C(C#N)=C(\C)c1ccc(-c2ccc3cc(NCCN4CCOCC4)ccc3c2)o1. The van der Waals surface area contributed by atoms with E-state index in [2.05, 4.69) is 33.1 Å². The van der Waals surface area contributed by atoms with Crippen LogP contribution >= 0.6 is 0 Å². The van der Waals surface area contributed by atoms with Crippen molar-refractivity contribution in [1.29, 1.82) is 5.26 Å². The number of hydrogen-bond acceptors (Lipinski definition) is 8. The Labute approximate surface area is 223 Å². The summed E-state index contributed by atoms with van der Waals surface area (Å²) >= 11 is 0. The quantitative estimate of drug-likeness (QED) is 0.315. The summed E-state index contributed by atoms with van der Waals surface area (Å²) in [7, 11) is -4.09. The van der Waals surface area contributed by atoms with Crippen LogP contribution in [0.3, 0.4) is 0 Å². The first-order chi connectivity index (χ1) is 18.3. The minimum atomic E-state index is -4.09. The zero-order valence-corrected chi connectivity index (χ0v) is 22.6. The van der Waals surface area contributed by atoms with Crippen molar-refractivity contribution in [2.45, 2.75) is 26.4 Å². The van der Waals surface area contributed by atoms with Crippen LogP contribution in [-0.2, 0) is 14.8 Å². The van der Waals surface area contributed by atoms with Gasteiger partial charge >= 0.3 is 0 Å². The van der Waals surface area contributed by atoms with Crippen molar-refractivity contribution < 1.29 is 22.7 Å². The Morgan fingerprint density at radius 2 is 1.87 bits per heavy atom. The summed E-state index contributed by atoms with van der Waals surface area (Å²) in [4.78, 5) is 1.95. The monoisotopic (exact) mass is 538 g/mol. The molecular formula is C28H34N4O5S. The van der Waals surface area contributed by atoms with Crippen molar-refractivity contribution in [2.24, 2.45) is 0 Å². The maximum Gasteiger partial charge on any atom is 0.251 e. The second-order valence-electron chi connectivity index (χ2n) is 9.30. The molecule has 0 spiro atoms. The van der Waals surface area contributed by atoms with Gasteiger partial charge in [-0.15, -0.1) is 0 Å². The van der Waals surface area contributed by atoms with Crippen LogP contribution in [0.5, 0.6) is 0 Å². The topological polar surface area (TPSA) is 128 Å². The molecule has 4 rings (SSSR count). The number of furan rings is 1. The van der Waals surface area contributed by atoms with Gasteiger partial charge in [0, 0.05) is 49.5 Å². The van der Waals surface area contributed by atoms with Crippen LogP contribution in [-0.4, -0.2) is 70.5 Å². The molecular weight excluding hydrogens is 504 g/mol. The number of aliphatic hydroxyl groups is 1. The summed E-state index contributed by atoms with van der Waals surface area (Å²) < 4.78 is 38.9. The largest absolute Gasteiger partial charge is 0.456 e. The summed E-state index contributed by atoms with van der Waals surface area (Å²) in [6.07, 6.45) is -0.428. The lowest BCUT2D eigenvalue weighted by molar-refractivity contribution is 0.0398. The molecule has 1 aliphatic rings. The van der Waals surface area contributed by atoms with E-state index in [1.54, 1.807) is 25.1 Å². The van der Waals surface area contributed by atoms with Crippen molar-refractivity contribution in [3.05, 3.63) is 59.2 Å². The van der Waals surface area contributed by atoms with Gasteiger partial charge in [-0.2, -0.15) is 5.26 Å². The van der Waals surface area contributed by atoms with Crippen LogP contribution < -0.4 is 10.0 Å². The molecule has 0 amide bonds. The molecule has 1 aliphatic heterocycles. The number of rotatable bonds is 11. The number of morpholine rings is 1. The summed E-state index contributed by atoms with van der Waals surface area (Å²) in [5, 5.41) is 24.9. The summed E-state index contributed by atoms with van der Waals surface area (Å²) in [5.41, 5.74) is 2.10. The van der Waals surface area contributed by atoms with E-state index in [9.17, 15) is 18.8 Å². The molecule has 0 aliphatic carbocycles. The summed E-state index contributed by atoms with van der Waals surface area (Å²) in [6, 6.07) is 17.4. The van der Waals surface area contributed by atoms with Crippen LogP contribution in [0.2, 0.25) is 0 Å². The van der Waals surface area contributed by atoms with E-state index in [-0.39, 0.29) is 17.9 Å². The molecule has 1 aromatic heterocycles. The van der Waals surface area contributed by atoms with Crippen molar-refractivity contribution in [2.75, 3.05) is 51.3 Å². The van der Waals surface area contributed by atoms with Crippen LogP contribution in [0.25, 0.3) is 27.7 Å². The third-order valence-electron chi connectivity index (χ3n) is 6.65. The van der Waals surface area contributed by atoms with Gasteiger partial charge in [-0.3, -0.25) is 4.90 Å². The van der Waals surface area contributed by atoms with E-state index in [1.807, 2.05) is 18.2 Å². The van der Waals surface area contributed by atoms with Crippen LogP contribution in [0.15, 0.2) is 57.9 Å². The van der Waals surface area contributed by atoms with Gasteiger partial charge in [0.25, 0.3) is 10.0 Å². The number of hydrogen-bond donors (Lipinski definition) is 3. The smallest absolute Gasteiger partial charge is 0.251 e. The van der Waals surface area contributed by atoms with Gasteiger partial charge in [0.2, 0.25) is 0 Å². The van der Waals surface area contributed by atoms with Gasteiger partial charge < -0.3 is 19.6 Å². The van der Waals surface area contributed by atoms with Gasteiger partial charge in [-0.05, 0) is 54.4 Å². The average molecular weight is 539 g/mol. The van der Waals surface area contributed by atoms with E-state index in [4.69, 9.17) is 9.15 Å². The Bertz CT molecular complexity index is 1430. The molecule has 3 N–H and O–H groups in total. The van der Waals surface area contributed by atoms with Gasteiger partial charge in [-0.1, -0.05) is 25.1 Å². The van der Waals surface area contributed by atoms with Gasteiger partial charge in [-0.25, -0.2) is 13.1 Å². The zero-order chi connectivity index (χ0) is 27.1. The Balaban J connectivity index is 1.47. The van der Waals surface area contributed by atoms with Crippen LogP contribution in [0, 0.1) is 11.3 Å². The van der Waals surface area contributed by atoms with Crippen molar-refractivity contribution in [1.82, 2.24) is 9.62 Å². The molecule has 1 saturated heterocycles. The van der Waals surface area contributed by atoms with E-state index in [0.29, 0.717) is 12.2 Å². The number of fused-ring (bicyclic) bond motifs is 1. The molecule has 2 aromatic carbocycles. The third kappa shape index (κ3) is 6.81. The predicted octanol–water partition coefficient (Wildman–Crippen LogP) is 3.79. The van der Waals surface area contributed by atoms with Crippen LogP contribution in [0.1, 0.15) is 26.0 Å². The minimum absolute atomic E-state index is 0.164. The fourth-order valence-corrected chi connectivity index (χ4v) is 5.45. The lowest BCUT2D eigenvalue weighted by Crippen LogP contribution is -2.38. The first-order valence-corrected chi connectivity index (χ1v) is 14.3. The van der Waals surface area contributed by atoms with E-state index in [1.165, 1.54) is 6.92 Å². The highest BCUT2D eigenvalue weighted by Crippen LogP contribution is 2.31. The van der Waals surface area contributed by atoms with Crippen molar-refractivity contribution in [3.8, 4) is 17.4 Å². The number of nitrogens with one attached hydrogen (secondary N) is 2. The molecule has 3 aromatic rings. The molecule has 202 valence electrons. The molecule has 1 unspecified atom stereocenters. The third-order valence-corrected chi connectivity index (χ3v) is 8.13. The maximum absolute atomic E-state index is 12.6. The van der Waals surface area contributed by atoms with Gasteiger partial charge in [0.1, 0.15) is 17.6 Å². The Hall–Kier alpha value is -3.20. The first kappa shape index (κ1) is 27.8. The predicted molar refractivity (Wildman–Crippen MR) is 149 cm³/mol. The fraction of sp³-hybridized carbons (Fsp3) is 0.393. The molecule has 0 radical (unpaired) electrons. The highest BCUT2D eigenvalue weighted by Gasteiger charge is 2.23. The Kier molecular flexibility index (Phi) is 9.20. The van der Waals surface area contributed by atoms with Crippen LogP contribution in [0.4, 0.5) is 5.69 Å². The molecule has 9 nitrogen and oxygen atoms in total. The second-order valence-corrected chi connectivity index (χ2v) is 11.0. The zero-order valence-electron chi connectivity index (χ0n) is 21.7. The normalized spacial score (nSPS) is 16.2. The van der Waals surface area contributed by atoms with E-state index >= 15 is 0 Å². The Morgan fingerprint density at radius 3 is 2.61 bits per heavy atom. The van der Waals surface area contributed by atoms with E-state index < -0.39 is 21.0 Å². The van der Waals surface area contributed by atoms with E-state index in [0.717, 1.165) is 61.4 Å². The number of aliphatic hydroxyl groups excluding tert-OH is 1. The molecule has 0 bridgehead atoms. The lowest BCUT2D eigenvalue weighted by atomic mass is 10.0. The van der Waals surface area contributed by atoms with Crippen molar-refractivity contribution in [3.63, 3.8) is 0 Å². The molecule has 10 heteroatoms. The number of nitrogens with zero attached hydrogens (tertiary/aromatic N) is 2. The molecule has 0 saturated carbocycles. The molecule has 2 heterocycles. The average Bonchev–Trinajstić information content (AvgIpc) is 3.43. The number of sulfonamides is 1. The second kappa shape index (κ2) is 12.6. The van der Waals surface area contributed by atoms with Gasteiger partial charge in [0.05, 0.1) is 19.3 Å². The maximum atomic E-state index is 12.6. The molecule has 38 heavy (non-hydrogen) atoms. The first-order valence-electron chi connectivity index (χ1n) is 12.8. The highest BCUT2D eigenvalue weighted by molar-refractivity contribution is 7.93. The highest BCUT2D eigenvalue weighted by atomic mass is 32.2. The fourth-order valence-electron chi connectivity index (χ4n) is 4.27. The number of ether oxygens (including phenoxy) is 1. The Morgan fingerprint density at radius 1 is 1.13 bits per heavy atom. The van der Waals surface area contributed by atoms with Crippen molar-refractivity contribution >= 4 is 32.1 Å². The number of anilines is 1. The molecule has 1 atom stereocenters. The number of allylic oxidation sites excluding steroid dienone is 2. The number of nitriles is 1.